The highest BCUT2D eigenvalue weighted by Gasteiger charge is 2.05. The highest BCUT2D eigenvalue weighted by atomic mass is 32.1. The lowest BCUT2D eigenvalue weighted by molar-refractivity contribution is 0.305. The van der Waals surface area contributed by atoms with Crippen molar-refractivity contribution in [3.8, 4) is 11.8 Å². The van der Waals surface area contributed by atoms with Crippen molar-refractivity contribution in [1.82, 2.24) is 9.55 Å². The maximum Gasteiger partial charge on any atom is 0.348 e. The molecule has 5 heteroatoms. The van der Waals surface area contributed by atoms with E-state index < -0.39 is 0 Å². The molecule has 20 heavy (non-hydrogen) atoms. The largest absolute Gasteiger partial charge is 0.395 e. The van der Waals surface area contributed by atoms with Gasteiger partial charge in [0.05, 0.1) is 18.0 Å². The molecule has 2 aromatic heterocycles. The third kappa shape index (κ3) is 3.56. The minimum atomic E-state index is -0.219. The molecule has 0 amide bonds. The number of aliphatic hydroxyl groups is 1. The molecule has 0 aliphatic carbocycles. The summed E-state index contributed by atoms with van der Waals surface area (Å²) in [5.41, 5.74) is 1.43. The second-order valence-electron chi connectivity index (χ2n) is 4.45. The van der Waals surface area contributed by atoms with Crippen LogP contribution in [0.25, 0.3) is 0 Å². The van der Waals surface area contributed by atoms with E-state index >= 15 is 0 Å². The Morgan fingerprint density at radius 3 is 2.90 bits per heavy atom. The Kier molecular flexibility index (Phi) is 4.72. The first-order chi connectivity index (χ1) is 9.60. The summed E-state index contributed by atoms with van der Waals surface area (Å²) in [4.78, 5) is 17.8. The van der Waals surface area contributed by atoms with Crippen molar-refractivity contribution in [3.63, 3.8) is 0 Å². The quantitative estimate of drug-likeness (QED) is 0.875. The maximum absolute atomic E-state index is 11.9. The second-order valence-corrected chi connectivity index (χ2v) is 5.62. The molecule has 1 N–H and O–H groups in total. The first-order valence-corrected chi connectivity index (χ1v) is 7.15. The molecule has 0 radical (unpaired) electrons. The van der Waals surface area contributed by atoms with Crippen LogP contribution in [0.15, 0.2) is 23.0 Å². The Bertz CT molecular complexity index is 719. The summed E-state index contributed by atoms with van der Waals surface area (Å²) >= 11 is 1.56. The predicted molar refractivity (Wildman–Crippen MR) is 80.0 cm³/mol. The van der Waals surface area contributed by atoms with Crippen LogP contribution < -0.4 is 5.69 Å². The van der Waals surface area contributed by atoms with Crippen molar-refractivity contribution in [2.75, 3.05) is 6.61 Å². The lowest BCUT2D eigenvalue weighted by atomic mass is 10.3. The Morgan fingerprint density at radius 2 is 2.20 bits per heavy atom. The van der Waals surface area contributed by atoms with Crippen LogP contribution in [0.5, 0.6) is 0 Å². The zero-order valence-corrected chi connectivity index (χ0v) is 12.3. The summed E-state index contributed by atoms with van der Waals surface area (Å²) in [6.45, 7) is 4.32. The SMILES string of the molecule is Cc1cc(C)n(Cc2ccc(C#CCCO)s2)c(=O)n1. The fourth-order valence-corrected chi connectivity index (χ4v) is 2.73. The van der Waals surface area contributed by atoms with Gasteiger partial charge in [-0.2, -0.15) is 4.98 Å². The molecule has 0 unspecified atom stereocenters. The van der Waals surface area contributed by atoms with Crippen molar-refractivity contribution in [2.24, 2.45) is 0 Å². The van der Waals surface area contributed by atoms with Crippen LogP contribution in [0.2, 0.25) is 0 Å². The first-order valence-electron chi connectivity index (χ1n) is 6.33. The summed E-state index contributed by atoms with van der Waals surface area (Å²) < 4.78 is 1.66. The Morgan fingerprint density at radius 1 is 1.40 bits per heavy atom. The first kappa shape index (κ1) is 14.5. The number of hydrogen-bond donors (Lipinski definition) is 1. The summed E-state index contributed by atoms with van der Waals surface area (Å²) in [5, 5.41) is 8.68. The van der Waals surface area contributed by atoms with Crippen LogP contribution in [0.1, 0.15) is 27.6 Å². The third-order valence-corrected chi connectivity index (χ3v) is 3.76. The monoisotopic (exact) mass is 288 g/mol. The topological polar surface area (TPSA) is 55.1 Å². The van der Waals surface area contributed by atoms with E-state index in [4.69, 9.17) is 5.11 Å². The lowest BCUT2D eigenvalue weighted by Gasteiger charge is -2.07. The molecule has 2 heterocycles. The molecular formula is C15H16N2O2S. The highest BCUT2D eigenvalue weighted by molar-refractivity contribution is 7.12. The average molecular weight is 288 g/mol. The zero-order valence-electron chi connectivity index (χ0n) is 11.5. The summed E-state index contributed by atoms with van der Waals surface area (Å²) in [6.07, 6.45) is 0.480. The van der Waals surface area contributed by atoms with Crippen LogP contribution >= 0.6 is 11.3 Å². The number of aliphatic hydroxyl groups excluding tert-OH is 1. The van der Waals surface area contributed by atoms with Crippen LogP contribution in [0, 0.1) is 25.7 Å². The number of hydrogen-bond acceptors (Lipinski definition) is 4. The van der Waals surface area contributed by atoms with Crippen LogP contribution in [0.4, 0.5) is 0 Å². The maximum atomic E-state index is 11.9. The molecular weight excluding hydrogens is 272 g/mol. The van der Waals surface area contributed by atoms with Crippen LogP contribution in [-0.2, 0) is 6.54 Å². The van der Waals surface area contributed by atoms with E-state index in [9.17, 15) is 4.79 Å². The molecule has 0 bridgehead atoms. The van der Waals surface area contributed by atoms with Gasteiger partial charge in [-0.1, -0.05) is 11.8 Å². The van der Waals surface area contributed by atoms with Crippen molar-refractivity contribution in [3.05, 3.63) is 49.8 Å². The van der Waals surface area contributed by atoms with Gasteiger partial charge >= 0.3 is 5.69 Å². The molecule has 0 aliphatic rings. The van der Waals surface area contributed by atoms with Gasteiger partial charge in [-0.25, -0.2) is 4.79 Å². The van der Waals surface area contributed by atoms with Gasteiger partial charge in [-0.05, 0) is 32.0 Å². The normalized spacial score (nSPS) is 10.2. The molecule has 0 saturated heterocycles. The minimum absolute atomic E-state index is 0.0782. The Balaban J connectivity index is 2.20. The van der Waals surface area contributed by atoms with Crippen molar-refractivity contribution in [2.45, 2.75) is 26.8 Å². The van der Waals surface area contributed by atoms with E-state index in [-0.39, 0.29) is 12.3 Å². The highest BCUT2D eigenvalue weighted by Crippen LogP contribution is 2.16. The summed E-state index contributed by atoms with van der Waals surface area (Å²) in [7, 11) is 0. The fraction of sp³-hybridized carbons (Fsp3) is 0.333. The smallest absolute Gasteiger partial charge is 0.348 e. The molecule has 0 fully saturated rings. The predicted octanol–water partition coefficient (Wildman–Crippen LogP) is 1.70. The van der Waals surface area contributed by atoms with Gasteiger partial charge in [0.15, 0.2) is 0 Å². The molecule has 0 aliphatic heterocycles. The number of aryl methyl sites for hydroxylation is 2. The summed E-state index contributed by atoms with van der Waals surface area (Å²) in [6, 6.07) is 5.81. The van der Waals surface area contributed by atoms with Crippen LogP contribution in [0.3, 0.4) is 0 Å². The Labute approximate surface area is 121 Å². The van der Waals surface area contributed by atoms with Gasteiger partial charge in [0, 0.05) is 22.7 Å². The standard InChI is InChI=1S/C15H16N2O2S/c1-11-9-12(2)17(15(19)16-11)10-14-7-6-13(20-14)5-3-4-8-18/h6-7,9,18H,4,8,10H2,1-2H3. The van der Waals surface area contributed by atoms with E-state index in [1.807, 2.05) is 32.0 Å². The molecule has 4 nitrogen and oxygen atoms in total. The lowest BCUT2D eigenvalue weighted by Crippen LogP contribution is -2.25. The number of aromatic nitrogens is 2. The fourth-order valence-electron chi connectivity index (χ4n) is 1.86. The molecule has 0 atom stereocenters. The van der Waals surface area contributed by atoms with E-state index in [1.54, 1.807) is 15.9 Å². The van der Waals surface area contributed by atoms with Gasteiger partial charge in [-0.15, -0.1) is 11.3 Å². The van der Waals surface area contributed by atoms with E-state index in [2.05, 4.69) is 16.8 Å². The van der Waals surface area contributed by atoms with Gasteiger partial charge in [-0.3, -0.25) is 4.57 Å². The number of rotatable bonds is 3. The van der Waals surface area contributed by atoms with E-state index in [0.717, 1.165) is 21.1 Å². The molecule has 2 rings (SSSR count). The van der Waals surface area contributed by atoms with Crippen molar-refractivity contribution < 1.29 is 5.11 Å². The van der Waals surface area contributed by atoms with Gasteiger partial charge in [0.25, 0.3) is 0 Å². The summed E-state index contributed by atoms with van der Waals surface area (Å²) in [5.74, 6) is 5.88. The molecule has 104 valence electrons. The number of nitrogens with zero attached hydrogens (tertiary/aromatic N) is 2. The number of thiophene rings is 1. The third-order valence-electron chi connectivity index (χ3n) is 2.77. The zero-order chi connectivity index (χ0) is 14.5. The average Bonchev–Trinajstić information content (AvgIpc) is 2.82. The molecule has 0 saturated carbocycles. The Hall–Kier alpha value is -1.90. The van der Waals surface area contributed by atoms with E-state index in [1.165, 1.54) is 0 Å². The molecule has 2 aromatic rings. The molecule has 0 aromatic carbocycles. The van der Waals surface area contributed by atoms with Gasteiger partial charge < -0.3 is 5.11 Å². The van der Waals surface area contributed by atoms with Crippen molar-refractivity contribution in [1.29, 1.82) is 0 Å². The van der Waals surface area contributed by atoms with Crippen LogP contribution in [-0.4, -0.2) is 21.3 Å². The van der Waals surface area contributed by atoms with Crippen molar-refractivity contribution >= 4 is 11.3 Å². The molecule has 0 spiro atoms. The van der Waals surface area contributed by atoms with E-state index in [0.29, 0.717) is 13.0 Å². The second kappa shape index (κ2) is 6.51. The van der Waals surface area contributed by atoms with Gasteiger partial charge in [0.1, 0.15) is 0 Å². The minimum Gasteiger partial charge on any atom is -0.395 e. The van der Waals surface area contributed by atoms with Gasteiger partial charge in [0.2, 0.25) is 0 Å².